The first-order valence-electron chi connectivity index (χ1n) is 5.88. The maximum absolute atomic E-state index is 10.2. The molecule has 1 N–H and O–H groups in total. The molecule has 2 aromatic carbocycles. The van der Waals surface area contributed by atoms with Crippen LogP contribution in [-0.2, 0) is 0 Å². The van der Waals surface area contributed by atoms with Gasteiger partial charge in [0.25, 0.3) is 0 Å². The summed E-state index contributed by atoms with van der Waals surface area (Å²) in [6.07, 6.45) is 0.977. The standard InChI is InChI=1S/C16H14O/c17-16(13-9-5-2-6-10-13)15-11-14(15)12-7-3-1-4-8-12/h1-10,14,17H,11H2/b16-15+. The second-order valence-electron chi connectivity index (χ2n) is 4.41. The van der Waals surface area contributed by atoms with E-state index in [2.05, 4.69) is 12.1 Å². The molecule has 1 saturated carbocycles. The summed E-state index contributed by atoms with van der Waals surface area (Å²) < 4.78 is 0. The molecule has 2 aromatic rings. The van der Waals surface area contributed by atoms with Crippen molar-refractivity contribution in [2.45, 2.75) is 12.3 Å². The van der Waals surface area contributed by atoms with E-state index in [1.165, 1.54) is 5.56 Å². The summed E-state index contributed by atoms with van der Waals surface area (Å²) in [5, 5.41) is 10.2. The fourth-order valence-corrected chi connectivity index (χ4v) is 2.21. The molecule has 0 aliphatic heterocycles. The van der Waals surface area contributed by atoms with Gasteiger partial charge in [-0.2, -0.15) is 0 Å². The molecule has 1 unspecified atom stereocenters. The molecule has 0 saturated heterocycles. The van der Waals surface area contributed by atoms with Crippen molar-refractivity contribution in [2.24, 2.45) is 0 Å². The fraction of sp³-hybridized carbons (Fsp3) is 0.125. The fourth-order valence-electron chi connectivity index (χ4n) is 2.21. The predicted molar refractivity (Wildman–Crippen MR) is 69.8 cm³/mol. The highest BCUT2D eigenvalue weighted by atomic mass is 16.3. The maximum Gasteiger partial charge on any atom is 0.122 e. The van der Waals surface area contributed by atoms with Gasteiger partial charge in [-0.15, -0.1) is 0 Å². The van der Waals surface area contributed by atoms with Gasteiger partial charge in [0.2, 0.25) is 0 Å². The Morgan fingerprint density at radius 1 is 0.882 bits per heavy atom. The van der Waals surface area contributed by atoms with Gasteiger partial charge in [0.1, 0.15) is 5.76 Å². The van der Waals surface area contributed by atoms with Crippen molar-refractivity contribution >= 4 is 5.76 Å². The van der Waals surface area contributed by atoms with E-state index in [1.807, 2.05) is 48.5 Å². The molecule has 3 rings (SSSR count). The molecular weight excluding hydrogens is 208 g/mol. The molecule has 1 aliphatic carbocycles. The molecule has 0 heterocycles. The van der Waals surface area contributed by atoms with E-state index in [0.29, 0.717) is 11.7 Å². The van der Waals surface area contributed by atoms with E-state index in [4.69, 9.17) is 0 Å². The van der Waals surface area contributed by atoms with Crippen LogP contribution in [0.2, 0.25) is 0 Å². The Labute approximate surface area is 101 Å². The van der Waals surface area contributed by atoms with Gasteiger partial charge < -0.3 is 5.11 Å². The average molecular weight is 222 g/mol. The van der Waals surface area contributed by atoms with Crippen LogP contribution in [0.4, 0.5) is 0 Å². The first kappa shape index (κ1) is 10.2. The van der Waals surface area contributed by atoms with Crippen LogP contribution in [0.1, 0.15) is 23.5 Å². The minimum absolute atomic E-state index is 0.413. The van der Waals surface area contributed by atoms with Crippen molar-refractivity contribution in [3.05, 3.63) is 77.4 Å². The van der Waals surface area contributed by atoms with Crippen LogP contribution in [0.15, 0.2) is 66.2 Å². The molecule has 17 heavy (non-hydrogen) atoms. The van der Waals surface area contributed by atoms with Crippen LogP contribution in [0, 0.1) is 0 Å². The van der Waals surface area contributed by atoms with Crippen LogP contribution in [-0.4, -0.2) is 5.11 Å². The van der Waals surface area contributed by atoms with Crippen molar-refractivity contribution in [1.82, 2.24) is 0 Å². The zero-order valence-electron chi connectivity index (χ0n) is 9.51. The van der Waals surface area contributed by atoms with Crippen molar-refractivity contribution in [3.8, 4) is 0 Å². The Morgan fingerprint density at radius 2 is 1.47 bits per heavy atom. The SMILES string of the molecule is O/C(=C1\CC1c1ccccc1)c1ccccc1. The van der Waals surface area contributed by atoms with E-state index >= 15 is 0 Å². The Balaban J connectivity index is 1.89. The van der Waals surface area contributed by atoms with Crippen LogP contribution in [0.3, 0.4) is 0 Å². The molecule has 0 bridgehead atoms. The molecule has 84 valence electrons. The van der Waals surface area contributed by atoms with Crippen molar-refractivity contribution < 1.29 is 5.11 Å². The summed E-state index contributed by atoms with van der Waals surface area (Å²) >= 11 is 0. The van der Waals surface area contributed by atoms with Gasteiger partial charge in [-0.1, -0.05) is 60.7 Å². The molecule has 0 radical (unpaired) electrons. The van der Waals surface area contributed by atoms with Crippen molar-refractivity contribution in [3.63, 3.8) is 0 Å². The lowest BCUT2D eigenvalue weighted by Gasteiger charge is -1.99. The van der Waals surface area contributed by atoms with Gasteiger partial charge in [-0.3, -0.25) is 0 Å². The summed E-state index contributed by atoms with van der Waals surface area (Å²) in [6.45, 7) is 0. The average Bonchev–Trinajstić information content (AvgIpc) is 3.20. The van der Waals surface area contributed by atoms with Gasteiger partial charge in [-0.05, 0) is 17.6 Å². The Hall–Kier alpha value is -2.02. The summed E-state index contributed by atoms with van der Waals surface area (Å²) in [7, 11) is 0. The summed E-state index contributed by atoms with van der Waals surface area (Å²) in [5.41, 5.74) is 3.37. The lowest BCUT2D eigenvalue weighted by atomic mass is 10.1. The van der Waals surface area contributed by atoms with Gasteiger partial charge in [-0.25, -0.2) is 0 Å². The number of aliphatic hydroxyl groups is 1. The lowest BCUT2D eigenvalue weighted by Crippen LogP contribution is -1.83. The zero-order valence-corrected chi connectivity index (χ0v) is 9.51. The van der Waals surface area contributed by atoms with Gasteiger partial charge in [0, 0.05) is 11.5 Å². The minimum Gasteiger partial charge on any atom is -0.507 e. The zero-order chi connectivity index (χ0) is 11.7. The van der Waals surface area contributed by atoms with E-state index in [1.54, 1.807) is 0 Å². The maximum atomic E-state index is 10.2. The Bertz CT molecular complexity index is 540. The van der Waals surface area contributed by atoms with Crippen molar-refractivity contribution in [1.29, 1.82) is 0 Å². The van der Waals surface area contributed by atoms with E-state index in [0.717, 1.165) is 17.6 Å². The molecule has 0 spiro atoms. The molecule has 1 atom stereocenters. The first-order valence-corrected chi connectivity index (χ1v) is 5.88. The molecule has 1 heteroatoms. The molecule has 1 nitrogen and oxygen atoms in total. The van der Waals surface area contributed by atoms with Gasteiger partial charge >= 0.3 is 0 Å². The number of hydrogen-bond acceptors (Lipinski definition) is 1. The van der Waals surface area contributed by atoms with Crippen LogP contribution in [0.25, 0.3) is 5.76 Å². The molecule has 0 amide bonds. The lowest BCUT2D eigenvalue weighted by molar-refractivity contribution is 0.509. The van der Waals surface area contributed by atoms with Crippen LogP contribution in [0.5, 0.6) is 0 Å². The van der Waals surface area contributed by atoms with Crippen LogP contribution < -0.4 is 0 Å². The van der Waals surface area contributed by atoms with Gasteiger partial charge in [0.05, 0.1) is 0 Å². The van der Waals surface area contributed by atoms with E-state index in [9.17, 15) is 5.11 Å². The van der Waals surface area contributed by atoms with Gasteiger partial charge in [0.15, 0.2) is 0 Å². The molecular formula is C16H14O. The molecule has 1 fully saturated rings. The second kappa shape index (κ2) is 4.10. The summed E-state index contributed by atoms with van der Waals surface area (Å²) in [6, 6.07) is 20.1. The number of aliphatic hydroxyl groups excluding tert-OH is 1. The third-order valence-corrected chi connectivity index (χ3v) is 3.24. The summed E-state index contributed by atoms with van der Waals surface area (Å²) in [5.74, 6) is 0.871. The summed E-state index contributed by atoms with van der Waals surface area (Å²) in [4.78, 5) is 0. The monoisotopic (exact) mass is 222 g/mol. The minimum atomic E-state index is 0.413. The number of hydrogen-bond donors (Lipinski definition) is 1. The highest BCUT2D eigenvalue weighted by molar-refractivity contribution is 5.68. The third-order valence-electron chi connectivity index (χ3n) is 3.24. The second-order valence-corrected chi connectivity index (χ2v) is 4.41. The largest absolute Gasteiger partial charge is 0.507 e. The highest BCUT2D eigenvalue weighted by Gasteiger charge is 2.34. The van der Waals surface area contributed by atoms with Crippen LogP contribution >= 0.6 is 0 Å². The smallest absolute Gasteiger partial charge is 0.122 e. The number of rotatable bonds is 2. The molecule has 1 aliphatic rings. The molecule has 0 aromatic heterocycles. The highest BCUT2D eigenvalue weighted by Crippen LogP contribution is 2.49. The third kappa shape index (κ3) is 1.96. The topological polar surface area (TPSA) is 20.2 Å². The Morgan fingerprint density at radius 3 is 2.12 bits per heavy atom. The quantitative estimate of drug-likeness (QED) is 0.757. The Kier molecular flexibility index (Phi) is 2.45. The van der Waals surface area contributed by atoms with E-state index < -0.39 is 0 Å². The number of allylic oxidation sites excluding steroid dienone is 1. The predicted octanol–water partition coefficient (Wildman–Crippen LogP) is 4.14. The first-order chi connectivity index (χ1) is 8.36. The van der Waals surface area contributed by atoms with E-state index in [-0.39, 0.29) is 0 Å². The number of benzene rings is 2. The normalized spacial score (nSPS) is 21.1. The van der Waals surface area contributed by atoms with Crippen molar-refractivity contribution in [2.75, 3.05) is 0 Å².